The first-order chi connectivity index (χ1) is 6.52. The minimum atomic E-state index is 0.153. The zero-order chi connectivity index (χ0) is 10.7. The van der Waals surface area contributed by atoms with Gasteiger partial charge in [-0.15, -0.1) is 0 Å². The van der Waals surface area contributed by atoms with Gasteiger partial charge in [0.2, 0.25) is 0 Å². The molecule has 0 fully saturated rings. The molecule has 0 heterocycles. The number of hydrogen-bond donors (Lipinski definition) is 0. The predicted octanol–water partition coefficient (Wildman–Crippen LogP) is 4.09. The van der Waals surface area contributed by atoms with E-state index < -0.39 is 0 Å². The van der Waals surface area contributed by atoms with Crippen molar-refractivity contribution in [3.8, 4) is 5.75 Å². The van der Waals surface area contributed by atoms with Crippen LogP contribution in [0.2, 0.25) is 5.02 Å². The first kappa shape index (κ1) is 11.4. The number of ether oxygens (including phenoxy) is 1. The standard InChI is InChI=1S/C12H16ClO/c1-8(2)10-6-5-7-11(12(10)13)14-9(3)4/h5-7,9H,1-4H3. The maximum Gasteiger partial charge on any atom is 0.138 e. The molecule has 0 bridgehead atoms. The van der Waals surface area contributed by atoms with Crippen molar-refractivity contribution in [1.29, 1.82) is 0 Å². The van der Waals surface area contributed by atoms with Crippen LogP contribution >= 0.6 is 11.6 Å². The third-order valence-corrected chi connectivity index (χ3v) is 2.25. The molecule has 0 aliphatic heterocycles. The van der Waals surface area contributed by atoms with Gasteiger partial charge >= 0.3 is 0 Å². The minimum Gasteiger partial charge on any atom is -0.489 e. The van der Waals surface area contributed by atoms with E-state index in [1.54, 1.807) is 0 Å². The van der Waals surface area contributed by atoms with E-state index in [2.05, 4.69) is 0 Å². The molecule has 1 radical (unpaired) electrons. The summed E-state index contributed by atoms with van der Waals surface area (Å²) in [6.45, 7) is 8.07. The lowest BCUT2D eigenvalue weighted by molar-refractivity contribution is 0.242. The lowest BCUT2D eigenvalue weighted by Crippen LogP contribution is -2.06. The SMILES string of the molecule is C[C](C)c1cccc(OC(C)C)c1Cl. The molecule has 0 aromatic heterocycles. The summed E-state index contributed by atoms with van der Waals surface area (Å²) in [6.07, 6.45) is 0.153. The van der Waals surface area contributed by atoms with Crippen LogP contribution in [0.5, 0.6) is 5.75 Å². The van der Waals surface area contributed by atoms with E-state index in [4.69, 9.17) is 16.3 Å². The Balaban J connectivity index is 3.01. The molecule has 1 nitrogen and oxygen atoms in total. The molecule has 1 aromatic rings. The first-order valence-corrected chi connectivity index (χ1v) is 5.16. The topological polar surface area (TPSA) is 9.23 Å². The van der Waals surface area contributed by atoms with Gasteiger partial charge < -0.3 is 4.74 Å². The number of halogens is 1. The molecule has 0 amide bonds. The Labute approximate surface area is 91.0 Å². The summed E-state index contributed by atoms with van der Waals surface area (Å²) in [6, 6.07) is 5.87. The average molecular weight is 212 g/mol. The van der Waals surface area contributed by atoms with Crippen LogP contribution in [0.25, 0.3) is 0 Å². The fraction of sp³-hybridized carbons (Fsp3) is 0.417. The molecule has 1 aromatic carbocycles. The highest BCUT2D eigenvalue weighted by Gasteiger charge is 2.10. The van der Waals surface area contributed by atoms with E-state index in [1.165, 1.54) is 5.92 Å². The van der Waals surface area contributed by atoms with Crippen LogP contribution in [0.3, 0.4) is 0 Å². The Hall–Kier alpha value is -0.690. The molecule has 0 spiro atoms. The van der Waals surface area contributed by atoms with Gasteiger partial charge in [-0.05, 0) is 25.5 Å². The minimum absolute atomic E-state index is 0.153. The highest BCUT2D eigenvalue weighted by atomic mass is 35.5. The zero-order valence-corrected chi connectivity index (χ0v) is 9.85. The van der Waals surface area contributed by atoms with Crippen molar-refractivity contribution in [2.75, 3.05) is 0 Å². The van der Waals surface area contributed by atoms with E-state index in [0.717, 1.165) is 11.3 Å². The molecule has 2 heteroatoms. The van der Waals surface area contributed by atoms with Crippen LogP contribution < -0.4 is 4.74 Å². The van der Waals surface area contributed by atoms with Crippen molar-refractivity contribution in [3.05, 3.63) is 34.7 Å². The quantitative estimate of drug-likeness (QED) is 0.732. The van der Waals surface area contributed by atoms with E-state index >= 15 is 0 Å². The van der Waals surface area contributed by atoms with Crippen LogP contribution in [-0.2, 0) is 0 Å². The molecule has 0 aliphatic carbocycles. The summed E-state index contributed by atoms with van der Waals surface area (Å²) in [5.74, 6) is 1.96. The Morgan fingerprint density at radius 2 is 1.93 bits per heavy atom. The summed E-state index contributed by atoms with van der Waals surface area (Å²) < 4.78 is 5.59. The van der Waals surface area contributed by atoms with Crippen molar-refractivity contribution in [3.63, 3.8) is 0 Å². The Kier molecular flexibility index (Phi) is 3.82. The summed E-state index contributed by atoms with van der Waals surface area (Å²) in [4.78, 5) is 0. The van der Waals surface area contributed by atoms with E-state index in [9.17, 15) is 0 Å². The Morgan fingerprint density at radius 3 is 2.43 bits per heavy atom. The molecule has 77 valence electrons. The highest BCUT2D eigenvalue weighted by Crippen LogP contribution is 2.32. The lowest BCUT2D eigenvalue weighted by Gasteiger charge is -2.14. The normalized spacial score (nSPS) is 11.1. The van der Waals surface area contributed by atoms with E-state index in [-0.39, 0.29) is 6.10 Å². The van der Waals surface area contributed by atoms with Crippen molar-refractivity contribution < 1.29 is 4.74 Å². The summed E-state index contributed by atoms with van der Waals surface area (Å²) in [5, 5.41) is 0.709. The Bertz CT molecular complexity index is 305. The maximum absolute atomic E-state index is 6.20. The van der Waals surface area contributed by atoms with Crippen LogP contribution in [0, 0.1) is 5.92 Å². The zero-order valence-electron chi connectivity index (χ0n) is 9.10. The molecule has 0 saturated carbocycles. The molecular formula is C12H16ClO. The molecule has 0 unspecified atom stereocenters. The molecule has 0 atom stereocenters. The summed E-state index contributed by atoms with van der Waals surface area (Å²) in [7, 11) is 0. The number of hydrogen-bond acceptors (Lipinski definition) is 1. The van der Waals surface area contributed by atoms with Gasteiger partial charge in [0.15, 0.2) is 0 Å². The van der Waals surface area contributed by atoms with Crippen molar-refractivity contribution >= 4 is 11.6 Å². The van der Waals surface area contributed by atoms with Gasteiger partial charge in [0.05, 0.1) is 11.1 Å². The molecule has 14 heavy (non-hydrogen) atoms. The second-order valence-corrected chi connectivity index (χ2v) is 4.16. The molecular weight excluding hydrogens is 196 g/mol. The predicted molar refractivity (Wildman–Crippen MR) is 60.9 cm³/mol. The highest BCUT2D eigenvalue weighted by molar-refractivity contribution is 6.33. The van der Waals surface area contributed by atoms with Gasteiger partial charge in [-0.1, -0.05) is 37.6 Å². The lowest BCUT2D eigenvalue weighted by atomic mass is 10.0. The van der Waals surface area contributed by atoms with Crippen LogP contribution in [0.4, 0.5) is 0 Å². The Morgan fingerprint density at radius 1 is 1.29 bits per heavy atom. The van der Waals surface area contributed by atoms with Gasteiger partial charge in [0.1, 0.15) is 5.75 Å². The average Bonchev–Trinajstić information content (AvgIpc) is 2.07. The third-order valence-electron chi connectivity index (χ3n) is 1.86. The fourth-order valence-electron chi connectivity index (χ4n) is 1.24. The smallest absolute Gasteiger partial charge is 0.138 e. The molecule has 0 aliphatic rings. The van der Waals surface area contributed by atoms with Crippen molar-refractivity contribution in [2.24, 2.45) is 0 Å². The summed E-state index contributed by atoms with van der Waals surface area (Å²) >= 11 is 6.20. The van der Waals surface area contributed by atoms with Gasteiger partial charge in [-0.2, -0.15) is 0 Å². The third kappa shape index (κ3) is 2.65. The van der Waals surface area contributed by atoms with Crippen LogP contribution in [0.1, 0.15) is 33.3 Å². The largest absolute Gasteiger partial charge is 0.489 e. The van der Waals surface area contributed by atoms with Crippen molar-refractivity contribution in [1.82, 2.24) is 0 Å². The summed E-state index contributed by atoms with van der Waals surface area (Å²) in [5.41, 5.74) is 1.06. The van der Waals surface area contributed by atoms with Crippen LogP contribution in [0.15, 0.2) is 18.2 Å². The maximum atomic E-state index is 6.20. The van der Waals surface area contributed by atoms with Crippen LogP contribution in [-0.4, -0.2) is 6.10 Å². The second kappa shape index (κ2) is 4.70. The van der Waals surface area contributed by atoms with Gasteiger partial charge in [0.25, 0.3) is 0 Å². The number of benzene rings is 1. The molecule has 0 N–H and O–H groups in total. The number of rotatable bonds is 3. The first-order valence-electron chi connectivity index (χ1n) is 4.78. The van der Waals surface area contributed by atoms with Gasteiger partial charge in [-0.25, -0.2) is 0 Å². The fourth-order valence-corrected chi connectivity index (χ4v) is 1.60. The van der Waals surface area contributed by atoms with E-state index in [0.29, 0.717) is 5.02 Å². The van der Waals surface area contributed by atoms with Gasteiger partial charge in [-0.3, -0.25) is 0 Å². The van der Waals surface area contributed by atoms with E-state index in [1.807, 2.05) is 45.9 Å². The van der Waals surface area contributed by atoms with Gasteiger partial charge in [0, 0.05) is 5.92 Å². The second-order valence-electron chi connectivity index (χ2n) is 3.78. The molecule has 0 saturated heterocycles. The molecule has 1 rings (SSSR count). The van der Waals surface area contributed by atoms with Crippen molar-refractivity contribution in [2.45, 2.75) is 33.8 Å². The monoisotopic (exact) mass is 211 g/mol.